The fraction of sp³-hybridized carbons (Fsp3) is 0.167. The van der Waals surface area contributed by atoms with E-state index in [1.165, 1.54) is 18.3 Å². The van der Waals surface area contributed by atoms with Crippen LogP contribution in [0.2, 0.25) is 0 Å². The highest BCUT2D eigenvalue weighted by molar-refractivity contribution is 5.74. The third kappa shape index (κ3) is 2.18. The van der Waals surface area contributed by atoms with Gasteiger partial charge in [0.15, 0.2) is 0 Å². The first kappa shape index (κ1) is 11.3. The lowest BCUT2D eigenvalue weighted by atomic mass is 10.1. The summed E-state index contributed by atoms with van der Waals surface area (Å²) in [5.74, 6) is -1.57. The maximum atomic E-state index is 12.8. The average Bonchev–Trinajstić information content (AvgIpc) is 2.77. The summed E-state index contributed by atoms with van der Waals surface area (Å²) in [6.07, 6.45) is 3.18. The summed E-state index contributed by atoms with van der Waals surface area (Å²) in [4.78, 5) is 14.9. The number of carboxylic acids is 1. The van der Waals surface area contributed by atoms with Gasteiger partial charge in [-0.05, 0) is 31.2 Å². The van der Waals surface area contributed by atoms with E-state index in [9.17, 15) is 9.18 Å². The Bertz CT molecular complexity index is 534. The molecule has 1 unspecified atom stereocenters. The second-order valence-electron chi connectivity index (χ2n) is 3.69. The van der Waals surface area contributed by atoms with E-state index >= 15 is 0 Å². The van der Waals surface area contributed by atoms with E-state index < -0.39 is 11.9 Å². The molecular formula is C12H11FN2O2. The molecule has 0 fully saturated rings. The number of halogens is 1. The molecule has 0 aliphatic heterocycles. The Morgan fingerprint density at radius 2 is 2.06 bits per heavy atom. The molecule has 17 heavy (non-hydrogen) atoms. The second kappa shape index (κ2) is 4.37. The minimum absolute atomic E-state index is 0.332. The molecule has 1 N–H and O–H groups in total. The first-order chi connectivity index (χ1) is 8.09. The standard InChI is InChI=1S/C12H11FN2O2/c1-8(12(16)17)11-14-6-7-15(11)10-4-2-9(13)3-5-10/h2-8H,1H3,(H,16,17). The number of rotatable bonds is 3. The predicted octanol–water partition coefficient (Wildman–Crippen LogP) is 2.20. The zero-order valence-corrected chi connectivity index (χ0v) is 9.17. The van der Waals surface area contributed by atoms with Crippen LogP contribution >= 0.6 is 0 Å². The van der Waals surface area contributed by atoms with Gasteiger partial charge in [-0.15, -0.1) is 0 Å². The normalized spacial score (nSPS) is 12.4. The van der Waals surface area contributed by atoms with Crippen LogP contribution in [0.25, 0.3) is 5.69 Å². The van der Waals surface area contributed by atoms with Crippen LogP contribution in [0.4, 0.5) is 4.39 Å². The minimum atomic E-state index is -0.945. The highest BCUT2D eigenvalue weighted by Gasteiger charge is 2.19. The van der Waals surface area contributed by atoms with Crippen molar-refractivity contribution in [2.75, 3.05) is 0 Å². The zero-order valence-electron chi connectivity index (χ0n) is 9.17. The number of nitrogens with zero attached hydrogens (tertiary/aromatic N) is 2. The summed E-state index contributed by atoms with van der Waals surface area (Å²) in [5.41, 5.74) is 0.687. The molecule has 5 heteroatoms. The van der Waals surface area contributed by atoms with Crippen LogP contribution in [-0.4, -0.2) is 20.6 Å². The number of aliphatic carboxylic acids is 1. The monoisotopic (exact) mass is 234 g/mol. The van der Waals surface area contributed by atoms with Crippen LogP contribution in [0.1, 0.15) is 18.7 Å². The summed E-state index contributed by atoms with van der Waals surface area (Å²) >= 11 is 0. The highest BCUT2D eigenvalue weighted by Crippen LogP contribution is 2.18. The highest BCUT2D eigenvalue weighted by atomic mass is 19.1. The molecule has 0 amide bonds. The molecule has 0 saturated heterocycles. The molecule has 1 aromatic heterocycles. The van der Waals surface area contributed by atoms with Gasteiger partial charge in [0.25, 0.3) is 0 Å². The molecule has 1 heterocycles. The van der Waals surface area contributed by atoms with Crippen molar-refractivity contribution < 1.29 is 14.3 Å². The number of hydrogen-bond acceptors (Lipinski definition) is 2. The summed E-state index contributed by atoms with van der Waals surface area (Å²) in [7, 11) is 0. The first-order valence-corrected chi connectivity index (χ1v) is 5.11. The summed E-state index contributed by atoms with van der Waals surface area (Å²) < 4.78 is 14.4. The van der Waals surface area contributed by atoms with E-state index in [0.717, 1.165) is 0 Å². The van der Waals surface area contributed by atoms with Gasteiger partial charge in [0.05, 0.1) is 0 Å². The van der Waals surface area contributed by atoms with Crippen LogP contribution in [0, 0.1) is 5.82 Å². The lowest BCUT2D eigenvalue weighted by Gasteiger charge is -2.10. The van der Waals surface area contributed by atoms with Crippen LogP contribution in [0.3, 0.4) is 0 Å². The molecular weight excluding hydrogens is 223 g/mol. The molecule has 0 bridgehead atoms. The summed E-state index contributed by atoms with van der Waals surface area (Å²) in [6, 6.07) is 5.80. The zero-order chi connectivity index (χ0) is 12.4. The van der Waals surface area contributed by atoms with E-state index in [0.29, 0.717) is 11.5 Å². The molecule has 88 valence electrons. The lowest BCUT2D eigenvalue weighted by molar-refractivity contribution is -0.138. The van der Waals surface area contributed by atoms with Crippen LogP contribution in [0.5, 0.6) is 0 Å². The van der Waals surface area contributed by atoms with Gasteiger partial charge >= 0.3 is 5.97 Å². The molecule has 0 saturated carbocycles. The number of imidazole rings is 1. The maximum Gasteiger partial charge on any atom is 0.313 e. The maximum absolute atomic E-state index is 12.8. The Morgan fingerprint density at radius 3 is 2.65 bits per heavy atom. The van der Waals surface area contributed by atoms with E-state index in [1.54, 1.807) is 29.8 Å². The van der Waals surface area contributed by atoms with Crippen molar-refractivity contribution in [1.82, 2.24) is 9.55 Å². The molecule has 2 aromatic rings. The quantitative estimate of drug-likeness (QED) is 0.885. The van der Waals surface area contributed by atoms with E-state index in [1.807, 2.05) is 0 Å². The van der Waals surface area contributed by atoms with Crippen molar-refractivity contribution in [2.24, 2.45) is 0 Å². The van der Waals surface area contributed by atoms with Gasteiger partial charge in [-0.1, -0.05) is 0 Å². The van der Waals surface area contributed by atoms with Gasteiger partial charge in [0.1, 0.15) is 17.6 Å². The van der Waals surface area contributed by atoms with Crippen molar-refractivity contribution in [3.05, 3.63) is 48.3 Å². The minimum Gasteiger partial charge on any atom is -0.481 e. The Kier molecular flexibility index (Phi) is 2.91. The number of carboxylic acid groups (broad SMARTS) is 1. The molecule has 0 spiro atoms. The average molecular weight is 234 g/mol. The molecule has 1 aromatic carbocycles. The Balaban J connectivity index is 2.43. The first-order valence-electron chi connectivity index (χ1n) is 5.11. The van der Waals surface area contributed by atoms with Crippen molar-refractivity contribution in [3.8, 4) is 5.69 Å². The van der Waals surface area contributed by atoms with Gasteiger partial charge in [0, 0.05) is 18.1 Å². The number of aromatic nitrogens is 2. The van der Waals surface area contributed by atoms with Gasteiger partial charge in [-0.25, -0.2) is 9.37 Å². The lowest BCUT2D eigenvalue weighted by Crippen LogP contribution is -2.13. The van der Waals surface area contributed by atoms with Crippen LogP contribution < -0.4 is 0 Å². The van der Waals surface area contributed by atoms with Gasteiger partial charge < -0.3 is 9.67 Å². The number of carbonyl (C=O) groups is 1. The molecule has 4 nitrogen and oxygen atoms in total. The molecule has 1 atom stereocenters. The molecule has 2 rings (SSSR count). The SMILES string of the molecule is CC(C(=O)O)c1nccn1-c1ccc(F)cc1. The van der Waals surface area contributed by atoms with Crippen LogP contribution in [-0.2, 0) is 4.79 Å². The van der Waals surface area contributed by atoms with E-state index in [2.05, 4.69) is 4.98 Å². The van der Waals surface area contributed by atoms with Crippen molar-refractivity contribution in [3.63, 3.8) is 0 Å². The smallest absolute Gasteiger partial charge is 0.313 e. The van der Waals surface area contributed by atoms with Crippen molar-refractivity contribution >= 4 is 5.97 Å². The summed E-state index contributed by atoms with van der Waals surface area (Å²) in [6.45, 7) is 1.56. The third-order valence-electron chi connectivity index (χ3n) is 2.53. The molecule has 0 radical (unpaired) electrons. The topological polar surface area (TPSA) is 55.1 Å². The van der Waals surface area contributed by atoms with Crippen molar-refractivity contribution in [2.45, 2.75) is 12.8 Å². The van der Waals surface area contributed by atoms with Gasteiger partial charge in [-0.3, -0.25) is 4.79 Å². The molecule has 0 aliphatic carbocycles. The van der Waals surface area contributed by atoms with Gasteiger partial charge in [-0.2, -0.15) is 0 Å². The third-order valence-corrected chi connectivity index (χ3v) is 2.53. The largest absolute Gasteiger partial charge is 0.481 e. The Morgan fingerprint density at radius 1 is 1.41 bits per heavy atom. The van der Waals surface area contributed by atoms with Crippen LogP contribution in [0.15, 0.2) is 36.7 Å². The summed E-state index contributed by atoms with van der Waals surface area (Å²) in [5, 5.41) is 8.96. The fourth-order valence-corrected chi connectivity index (χ4v) is 1.57. The number of benzene rings is 1. The predicted molar refractivity (Wildman–Crippen MR) is 59.6 cm³/mol. The van der Waals surface area contributed by atoms with E-state index in [-0.39, 0.29) is 5.82 Å². The van der Waals surface area contributed by atoms with E-state index in [4.69, 9.17) is 5.11 Å². The second-order valence-corrected chi connectivity index (χ2v) is 3.69. The number of hydrogen-bond donors (Lipinski definition) is 1. The Labute approximate surface area is 97.3 Å². The van der Waals surface area contributed by atoms with Gasteiger partial charge in [0.2, 0.25) is 0 Å². The Hall–Kier alpha value is -2.17. The molecule has 0 aliphatic rings. The van der Waals surface area contributed by atoms with Crippen molar-refractivity contribution in [1.29, 1.82) is 0 Å². The fourth-order valence-electron chi connectivity index (χ4n) is 1.57.